The molecule has 2 N–H and O–H groups in total. The lowest BCUT2D eigenvalue weighted by Gasteiger charge is -2.48. The van der Waals surface area contributed by atoms with Crippen LogP contribution in [-0.4, -0.2) is 72.0 Å². The van der Waals surface area contributed by atoms with Gasteiger partial charge in [0.15, 0.2) is 22.9 Å². The molecule has 0 unspecified atom stereocenters. The van der Waals surface area contributed by atoms with E-state index in [1.54, 1.807) is 7.11 Å². The topological polar surface area (TPSA) is 86.2 Å². The van der Waals surface area contributed by atoms with Crippen LogP contribution in [0.15, 0.2) is 0 Å². The minimum Gasteiger partial charge on any atom is -0.410 e. The number of aliphatic hydroxyl groups is 1. The molecule has 1 amide bonds. The molecule has 0 radical (unpaired) electrons. The third-order valence-corrected chi connectivity index (χ3v) is 5.30. The molecule has 1 heterocycles. The van der Waals surface area contributed by atoms with Gasteiger partial charge < -0.3 is 28.7 Å². The summed E-state index contributed by atoms with van der Waals surface area (Å²) in [5.41, 5.74) is 0. The van der Waals surface area contributed by atoms with Crippen molar-refractivity contribution in [3.63, 3.8) is 0 Å². The largest absolute Gasteiger partial charge is 0.410 e. The van der Waals surface area contributed by atoms with Crippen molar-refractivity contribution in [1.29, 1.82) is 0 Å². The molecule has 1 aliphatic heterocycles. The van der Waals surface area contributed by atoms with Gasteiger partial charge in [0.05, 0.1) is 12.7 Å². The van der Waals surface area contributed by atoms with E-state index in [4.69, 9.17) is 18.3 Å². The number of carbonyl (C=O) groups is 1. The van der Waals surface area contributed by atoms with E-state index in [1.807, 2.05) is 0 Å². The van der Waals surface area contributed by atoms with Gasteiger partial charge in [-0.1, -0.05) is 0 Å². The molecule has 24 heavy (non-hydrogen) atoms. The van der Waals surface area contributed by atoms with E-state index in [-0.39, 0.29) is 12.5 Å². The molecule has 142 valence electrons. The Labute approximate surface area is 147 Å². The third-order valence-electron chi connectivity index (χ3n) is 3.35. The van der Waals surface area contributed by atoms with Crippen molar-refractivity contribution in [3.8, 4) is 0 Å². The van der Waals surface area contributed by atoms with E-state index in [1.165, 1.54) is 6.92 Å². The molecule has 9 heteroatoms. The zero-order valence-corrected chi connectivity index (χ0v) is 18.1. The van der Waals surface area contributed by atoms with Crippen LogP contribution in [0.1, 0.15) is 6.92 Å². The molecule has 1 saturated heterocycles. The summed E-state index contributed by atoms with van der Waals surface area (Å²) in [6.45, 7) is 14.1. The monoisotopic (exact) mass is 379 g/mol. The summed E-state index contributed by atoms with van der Waals surface area (Å²) in [5, 5.41) is 13.2. The molecule has 7 nitrogen and oxygen atoms in total. The highest BCUT2D eigenvalue weighted by atomic mass is 28.4. The molecule has 0 aromatic carbocycles. The molecule has 0 saturated carbocycles. The number of amides is 1. The average molecular weight is 380 g/mol. The van der Waals surface area contributed by atoms with Gasteiger partial charge >= 0.3 is 0 Å². The maximum atomic E-state index is 11.6. The Morgan fingerprint density at radius 3 is 2.00 bits per heavy atom. The number of ether oxygens (including phenoxy) is 2. The van der Waals surface area contributed by atoms with Gasteiger partial charge in [-0.05, 0) is 39.3 Å². The first-order chi connectivity index (χ1) is 10.8. The molecule has 5 atom stereocenters. The number of nitrogens with one attached hydrogen (secondary N) is 1. The van der Waals surface area contributed by atoms with Gasteiger partial charge in [0.25, 0.3) is 0 Å². The predicted molar refractivity (Wildman–Crippen MR) is 96.8 cm³/mol. The fourth-order valence-electron chi connectivity index (χ4n) is 2.71. The zero-order chi connectivity index (χ0) is 18.7. The third kappa shape index (κ3) is 6.91. The van der Waals surface area contributed by atoms with Gasteiger partial charge in [0.2, 0.25) is 5.91 Å². The van der Waals surface area contributed by atoms with Gasteiger partial charge in [-0.15, -0.1) is 0 Å². The Balaban J connectivity index is 3.19. The summed E-state index contributed by atoms with van der Waals surface area (Å²) in [5.74, 6) is -0.247. The molecular weight excluding hydrogens is 346 g/mol. The molecular formula is C15H33NO6Si2. The molecule has 0 aromatic rings. The van der Waals surface area contributed by atoms with Crippen molar-refractivity contribution in [2.45, 2.75) is 76.8 Å². The lowest BCUT2D eigenvalue weighted by atomic mass is 9.97. The number of hydrogen-bond acceptors (Lipinski definition) is 6. The minimum atomic E-state index is -1.96. The fourth-order valence-corrected chi connectivity index (χ4v) is 4.91. The summed E-state index contributed by atoms with van der Waals surface area (Å²) in [6.07, 6.45) is -2.53. The highest BCUT2D eigenvalue weighted by molar-refractivity contribution is 6.70. The molecule has 0 bridgehead atoms. The maximum Gasteiger partial charge on any atom is 0.217 e. The summed E-state index contributed by atoms with van der Waals surface area (Å²) < 4.78 is 23.6. The SMILES string of the molecule is COC[C@H]1O[C@H](O)[C@H](NC(C)=O)[C@@H](O[Si](C)(C)C)[C@H]1O[Si](C)(C)C. The standard InChI is InChI=1S/C15H33NO6Si2/c1-10(17)16-12-14(22-24(6,7)8)13(21-23(3,4)5)11(9-19-2)20-15(12)18/h11-15,18H,9H2,1-8H3,(H,16,17)/t11-,12-,13+,14-,15+/m1/s1. The van der Waals surface area contributed by atoms with Crippen LogP contribution in [0.25, 0.3) is 0 Å². The van der Waals surface area contributed by atoms with Crippen molar-refractivity contribution in [2.24, 2.45) is 0 Å². The second kappa shape index (κ2) is 8.39. The summed E-state index contributed by atoms with van der Waals surface area (Å²) in [7, 11) is -2.30. The van der Waals surface area contributed by atoms with Gasteiger partial charge in [0.1, 0.15) is 18.2 Å². The van der Waals surface area contributed by atoms with Crippen molar-refractivity contribution < 1.29 is 28.2 Å². The lowest BCUT2D eigenvalue weighted by molar-refractivity contribution is -0.248. The Bertz CT molecular complexity index is 423. The van der Waals surface area contributed by atoms with Crippen molar-refractivity contribution in [3.05, 3.63) is 0 Å². The molecule has 1 aliphatic rings. The van der Waals surface area contributed by atoms with Crippen LogP contribution in [0.5, 0.6) is 0 Å². The van der Waals surface area contributed by atoms with E-state index in [0.717, 1.165) is 0 Å². The Morgan fingerprint density at radius 1 is 1.08 bits per heavy atom. The first kappa shape index (κ1) is 21.7. The van der Waals surface area contributed by atoms with Gasteiger partial charge in [-0.3, -0.25) is 4.79 Å². The molecule has 1 fully saturated rings. The number of rotatable bonds is 7. The van der Waals surface area contributed by atoms with Crippen LogP contribution in [0.2, 0.25) is 39.3 Å². The van der Waals surface area contributed by atoms with E-state index < -0.39 is 47.3 Å². The van der Waals surface area contributed by atoms with Crippen molar-refractivity contribution in [2.75, 3.05) is 13.7 Å². The average Bonchev–Trinajstić information content (AvgIpc) is 2.35. The first-order valence-corrected chi connectivity index (χ1v) is 15.1. The normalized spacial score (nSPS) is 31.8. The molecule has 0 spiro atoms. The lowest BCUT2D eigenvalue weighted by Crippen LogP contribution is -2.68. The van der Waals surface area contributed by atoms with Crippen LogP contribution < -0.4 is 5.32 Å². The van der Waals surface area contributed by atoms with E-state index in [2.05, 4.69) is 44.6 Å². The molecule has 0 aromatic heterocycles. The van der Waals surface area contributed by atoms with Crippen molar-refractivity contribution in [1.82, 2.24) is 5.32 Å². The van der Waals surface area contributed by atoms with Gasteiger partial charge in [-0.25, -0.2) is 0 Å². The molecule has 1 rings (SSSR count). The maximum absolute atomic E-state index is 11.6. The van der Waals surface area contributed by atoms with Crippen molar-refractivity contribution >= 4 is 22.5 Å². The molecule has 0 aliphatic carbocycles. The number of aliphatic hydroxyl groups excluding tert-OH is 1. The Hall–Kier alpha value is -0.296. The number of carbonyl (C=O) groups excluding carboxylic acids is 1. The van der Waals surface area contributed by atoms with Crippen LogP contribution in [0.4, 0.5) is 0 Å². The fraction of sp³-hybridized carbons (Fsp3) is 0.933. The van der Waals surface area contributed by atoms with Crippen LogP contribution in [0.3, 0.4) is 0 Å². The highest BCUT2D eigenvalue weighted by Crippen LogP contribution is 2.29. The first-order valence-electron chi connectivity index (χ1n) is 8.29. The summed E-state index contributed by atoms with van der Waals surface area (Å²) >= 11 is 0. The quantitative estimate of drug-likeness (QED) is 0.649. The van der Waals surface area contributed by atoms with Gasteiger partial charge in [-0.2, -0.15) is 0 Å². The number of hydrogen-bond donors (Lipinski definition) is 2. The van der Waals surface area contributed by atoms with Crippen LogP contribution in [0, 0.1) is 0 Å². The Kier molecular flexibility index (Phi) is 7.60. The second-order valence-electron chi connectivity index (χ2n) is 8.14. The second-order valence-corrected chi connectivity index (χ2v) is 17.1. The predicted octanol–water partition coefficient (Wildman–Crippen LogP) is 1.29. The number of methoxy groups -OCH3 is 1. The summed E-state index contributed by atoms with van der Waals surface area (Å²) in [4.78, 5) is 11.6. The van der Waals surface area contributed by atoms with E-state index >= 15 is 0 Å². The Morgan fingerprint density at radius 2 is 1.58 bits per heavy atom. The smallest absolute Gasteiger partial charge is 0.217 e. The van der Waals surface area contributed by atoms with Crippen LogP contribution >= 0.6 is 0 Å². The van der Waals surface area contributed by atoms with E-state index in [9.17, 15) is 9.90 Å². The highest BCUT2D eigenvalue weighted by Gasteiger charge is 2.49. The summed E-state index contributed by atoms with van der Waals surface area (Å²) in [6, 6.07) is -0.677. The van der Waals surface area contributed by atoms with Crippen LogP contribution in [-0.2, 0) is 23.1 Å². The van der Waals surface area contributed by atoms with Gasteiger partial charge in [0, 0.05) is 14.0 Å². The minimum absolute atomic E-state index is 0.247. The van der Waals surface area contributed by atoms with E-state index in [0.29, 0.717) is 0 Å². The zero-order valence-electron chi connectivity index (χ0n) is 16.1.